The molecule has 1 saturated carbocycles. The summed E-state index contributed by atoms with van der Waals surface area (Å²) >= 11 is 0. The number of pyridine rings is 1. The summed E-state index contributed by atoms with van der Waals surface area (Å²) in [7, 11) is -0.537. The van der Waals surface area contributed by atoms with E-state index in [4.69, 9.17) is 9.47 Å². The molecule has 170 valence electrons. The molecular formula is C24H23N3O5S. The highest BCUT2D eigenvalue weighted by Gasteiger charge is 2.51. The first-order valence-electron chi connectivity index (χ1n) is 10.5. The van der Waals surface area contributed by atoms with Gasteiger partial charge in [0.25, 0.3) is 0 Å². The van der Waals surface area contributed by atoms with E-state index in [0.29, 0.717) is 17.3 Å². The third kappa shape index (κ3) is 3.83. The minimum absolute atomic E-state index is 0.110. The molecule has 0 saturated heterocycles. The van der Waals surface area contributed by atoms with Crippen molar-refractivity contribution in [2.75, 3.05) is 26.2 Å². The average molecular weight is 466 g/mol. The Morgan fingerprint density at radius 1 is 1.00 bits per heavy atom. The third-order valence-corrected chi connectivity index (χ3v) is 7.87. The van der Waals surface area contributed by atoms with E-state index in [1.54, 1.807) is 30.5 Å². The Morgan fingerprint density at radius 3 is 2.48 bits per heavy atom. The zero-order chi connectivity index (χ0) is 23.2. The molecule has 33 heavy (non-hydrogen) atoms. The summed E-state index contributed by atoms with van der Waals surface area (Å²) in [5.74, 6) is 1.68. The van der Waals surface area contributed by atoms with Crippen LogP contribution in [0.2, 0.25) is 0 Å². The number of aromatic nitrogens is 1. The molecule has 1 aliphatic carbocycles. The smallest absolute Gasteiger partial charge is 0.242 e. The number of carbonyl (C=O) groups excluding carboxylic acids is 1. The summed E-state index contributed by atoms with van der Waals surface area (Å²) in [6, 6.07) is 15.8. The number of benzene rings is 2. The van der Waals surface area contributed by atoms with Crippen molar-refractivity contribution >= 4 is 21.7 Å². The predicted octanol–water partition coefficient (Wildman–Crippen LogP) is 3.40. The van der Waals surface area contributed by atoms with Crippen molar-refractivity contribution in [3.8, 4) is 22.6 Å². The zero-order valence-corrected chi connectivity index (χ0v) is 19.1. The highest BCUT2D eigenvalue weighted by Crippen LogP contribution is 2.51. The van der Waals surface area contributed by atoms with Crippen molar-refractivity contribution in [2.24, 2.45) is 0 Å². The predicted molar refractivity (Wildman–Crippen MR) is 123 cm³/mol. The van der Waals surface area contributed by atoms with Crippen molar-refractivity contribution in [3.63, 3.8) is 0 Å². The van der Waals surface area contributed by atoms with E-state index in [2.05, 4.69) is 10.3 Å². The van der Waals surface area contributed by atoms with Gasteiger partial charge in [0.1, 0.15) is 5.82 Å². The highest BCUT2D eigenvalue weighted by molar-refractivity contribution is 7.89. The monoisotopic (exact) mass is 465 g/mol. The van der Waals surface area contributed by atoms with E-state index < -0.39 is 15.4 Å². The largest absolute Gasteiger partial charge is 0.454 e. The standard InChI is InChI=1S/C24H23N3O5S/c1-27(2)33(29,30)19-5-3-4-16(12-19)17-6-9-22(25-14-17)26-23(28)24(10-11-24)18-7-8-20-21(13-18)32-15-31-20/h3-9,12-14H,10-11,15H2,1-2H3,(H,25,26,28). The molecule has 0 atom stereocenters. The number of carbonyl (C=O) groups is 1. The van der Waals surface area contributed by atoms with Gasteiger partial charge in [-0.3, -0.25) is 4.79 Å². The molecule has 3 aromatic rings. The van der Waals surface area contributed by atoms with Crippen LogP contribution in [-0.2, 0) is 20.2 Å². The highest BCUT2D eigenvalue weighted by atomic mass is 32.2. The van der Waals surface area contributed by atoms with Gasteiger partial charge in [-0.25, -0.2) is 17.7 Å². The van der Waals surface area contributed by atoms with Crippen LogP contribution in [0.25, 0.3) is 11.1 Å². The number of anilines is 1. The third-order valence-electron chi connectivity index (χ3n) is 6.06. The Bertz CT molecular complexity index is 1330. The summed E-state index contributed by atoms with van der Waals surface area (Å²) in [5.41, 5.74) is 1.79. The van der Waals surface area contributed by atoms with Crippen LogP contribution in [0.1, 0.15) is 18.4 Å². The van der Waals surface area contributed by atoms with Gasteiger partial charge < -0.3 is 14.8 Å². The van der Waals surface area contributed by atoms with E-state index in [0.717, 1.165) is 29.5 Å². The fourth-order valence-corrected chi connectivity index (χ4v) is 4.84. The van der Waals surface area contributed by atoms with Crippen molar-refractivity contribution in [2.45, 2.75) is 23.2 Å². The number of sulfonamides is 1. The molecule has 1 aromatic heterocycles. The first-order valence-corrected chi connectivity index (χ1v) is 11.9. The SMILES string of the molecule is CN(C)S(=O)(=O)c1cccc(-c2ccc(NC(=O)C3(c4ccc5c(c4)OCO5)CC3)nc2)c1. The second-order valence-electron chi connectivity index (χ2n) is 8.35. The molecule has 1 amide bonds. The minimum atomic E-state index is -3.53. The lowest BCUT2D eigenvalue weighted by Gasteiger charge is -2.16. The molecule has 8 nitrogen and oxygen atoms in total. The Balaban J connectivity index is 1.33. The fourth-order valence-electron chi connectivity index (χ4n) is 3.89. The molecule has 0 spiro atoms. The van der Waals surface area contributed by atoms with Crippen molar-refractivity contribution in [1.29, 1.82) is 0 Å². The van der Waals surface area contributed by atoms with Gasteiger partial charge in [-0.15, -0.1) is 0 Å². The van der Waals surface area contributed by atoms with Crippen LogP contribution in [0, 0.1) is 0 Å². The molecule has 0 bridgehead atoms. The molecule has 9 heteroatoms. The lowest BCUT2D eigenvalue weighted by molar-refractivity contribution is -0.118. The minimum Gasteiger partial charge on any atom is -0.454 e. The summed E-state index contributed by atoms with van der Waals surface area (Å²) < 4.78 is 36.8. The molecule has 2 heterocycles. The molecule has 1 N–H and O–H groups in total. The van der Waals surface area contributed by atoms with E-state index in [1.807, 2.05) is 30.3 Å². The molecule has 1 aliphatic heterocycles. The van der Waals surface area contributed by atoms with Gasteiger partial charge in [-0.1, -0.05) is 18.2 Å². The van der Waals surface area contributed by atoms with Gasteiger partial charge >= 0.3 is 0 Å². The molecule has 1 fully saturated rings. The van der Waals surface area contributed by atoms with E-state index in [-0.39, 0.29) is 17.6 Å². The van der Waals surface area contributed by atoms with Crippen LogP contribution >= 0.6 is 0 Å². The number of rotatable bonds is 6. The molecular weight excluding hydrogens is 442 g/mol. The van der Waals surface area contributed by atoms with Gasteiger partial charge in [0.05, 0.1) is 10.3 Å². The molecule has 5 rings (SSSR count). The van der Waals surface area contributed by atoms with E-state index in [9.17, 15) is 13.2 Å². The topological polar surface area (TPSA) is 97.8 Å². The number of fused-ring (bicyclic) bond motifs is 1. The number of nitrogens with one attached hydrogen (secondary N) is 1. The number of ether oxygens (including phenoxy) is 2. The van der Waals surface area contributed by atoms with Gasteiger partial charge in [0.2, 0.25) is 22.7 Å². The Kier molecular flexibility index (Phi) is 5.10. The fraction of sp³-hybridized carbons (Fsp3) is 0.250. The van der Waals surface area contributed by atoms with Crippen LogP contribution in [0.5, 0.6) is 11.5 Å². The Morgan fingerprint density at radius 2 is 1.79 bits per heavy atom. The second kappa shape index (κ2) is 7.86. The van der Waals surface area contributed by atoms with Crippen LogP contribution < -0.4 is 14.8 Å². The van der Waals surface area contributed by atoms with Gasteiger partial charge in [0, 0.05) is 25.9 Å². The number of hydrogen-bond donors (Lipinski definition) is 1. The number of nitrogens with zero attached hydrogens (tertiary/aromatic N) is 2. The van der Waals surface area contributed by atoms with E-state index in [1.165, 1.54) is 18.4 Å². The van der Waals surface area contributed by atoms with Crippen LogP contribution in [0.4, 0.5) is 5.82 Å². The normalized spacial score (nSPS) is 16.0. The van der Waals surface area contributed by atoms with Gasteiger partial charge in [0.15, 0.2) is 11.5 Å². The molecule has 2 aliphatic rings. The Labute approximate surface area is 192 Å². The average Bonchev–Trinajstić information content (AvgIpc) is 3.50. The number of amides is 1. The number of hydrogen-bond acceptors (Lipinski definition) is 6. The zero-order valence-electron chi connectivity index (χ0n) is 18.2. The van der Waals surface area contributed by atoms with Gasteiger partial charge in [-0.2, -0.15) is 0 Å². The summed E-state index contributed by atoms with van der Waals surface area (Å²) in [5, 5.41) is 2.92. The lowest BCUT2D eigenvalue weighted by atomic mass is 9.94. The maximum Gasteiger partial charge on any atom is 0.242 e. The molecule has 0 unspecified atom stereocenters. The maximum atomic E-state index is 13.1. The Hall–Kier alpha value is -3.43. The maximum absolute atomic E-state index is 13.1. The molecule has 0 radical (unpaired) electrons. The lowest BCUT2D eigenvalue weighted by Crippen LogP contribution is -2.28. The first-order chi connectivity index (χ1) is 15.8. The van der Waals surface area contributed by atoms with Crippen molar-refractivity contribution < 1.29 is 22.7 Å². The first kappa shape index (κ1) is 21.4. The second-order valence-corrected chi connectivity index (χ2v) is 10.5. The van der Waals surface area contributed by atoms with Crippen molar-refractivity contribution in [1.82, 2.24) is 9.29 Å². The van der Waals surface area contributed by atoms with Gasteiger partial charge in [-0.05, 0) is 60.4 Å². The van der Waals surface area contributed by atoms with Crippen LogP contribution in [-0.4, -0.2) is 44.5 Å². The summed E-state index contributed by atoms with van der Waals surface area (Å²) in [6.45, 7) is 0.193. The van der Waals surface area contributed by atoms with Crippen LogP contribution in [0.15, 0.2) is 65.7 Å². The summed E-state index contributed by atoms with van der Waals surface area (Å²) in [6.07, 6.45) is 3.13. The summed E-state index contributed by atoms with van der Waals surface area (Å²) in [4.78, 5) is 17.7. The van der Waals surface area contributed by atoms with Crippen LogP contribution in [0.3, 0.4) is 0 Å². The quantitative estimate of drug-likeness (QED) is 0.599. The van der Waals surface area contributed by atoms with Crippen molar-refractivity contribution in [3.05, 3.63) is 66.4 Å². The van der Waals surface area contributed by atoms with E-state index >= 15 is 0 Å². The molecule has 2 aromatic carbocycles.